The minimum atomic E-state index is -0.516. The van der Waals surface area contributed by atoms with Gasteiger partial charge < -0.3 is 5.32 Å². The van der Waals surface area contributed by atoms with Crippen LogP contribution in [-0.2, 0) is 4.79 Å². The van der Waals surface area contributed by atoms with E-state index < -0.39 is 6.03 Å². The maximum Gasteiger partial charge on any atom is 0.328 e. The molecular weight excluding hydrogens is 344 g/mol. The van der Waals surface area contributed by atoms with E-state index in [0.717, 1.165) is 5.03 Å². The van der Waals surface area contributed by atoms with E-state index in [1.165, 1.54) is 16.7 Å². The highest BCUT2D eigenvalue weighted by Crippen LogP contribution is 2.22. The van der Waals surface area contributed by atoms with Crippen LogP contribution < -0.4 is 15.5 Å². The standard InChI is InChI=1S/C15H16N6O3S/c22-12-5-7-21(15(24)18-12)11-4-2-1-3-10(11)14(23)16-6-8-25-13-9-17-20-19-13/h1-4,9H,5-8H2,(H,16,23)(H,17,19,20)(H,18,22,24). The third kappa shape index (κ3) is 4.15. The Balaban J connectivity index is 1.62. The van der Waals surface area contributed by atoms with Gasteiger partial charge in [0.1, 0.15) is 5.03 Å². The molecule has 0 radical (unpaired) electrons. The molecule has 130 valence electrons. The Hall–Kier alpha value is -2.88. The van der Waals surface area contributed by atoms with E-state index in [4.69, 9.17) is 0 Å². The Labute approximate surface area is 147 Å². The summed E-state index contributed by atoms with van der Waals surface area (Å²) in [5.41, 5.74) is 0.868. The Morgan fingerprint density at radius 2 is 2.16 bits per heavy atom. The van der Waals surface area contributed by atoms with Crippen molar-refractivity contribution < 1.29 is 14.4 Å². The molecule has 0 spiro atoms. The number of hydrogen-bond donors (Lipinski definition) is 3. The van der Waals surface area contributed by atoms with Gasteiger partial charge in [0.25, 0.3) is 5.91 Å². The van der Waals surface area contributed by atoms with E-state index in [1.54, 1.807) is 30.5 Å². The normalized spacial score (nSPS) is 14.3. The van der Waals surface area contributed by atoms with Gasteiger partial charge >= 0.3 is 6.03 Å². The topological polar surface area (TPSA) is 120 Å². The van der Waals surface area contributed by atoms with Crippen molar-refractivity contribution >= 4 is 35.3 Å². The minimum Gasteiger partial charge on any atom is -0.351 e. The third-order valence-electron chi connectivity index (χ3n) is 3.52. The maximum absolute atomic E-state index is 12.5. The fraction of sp³-hybridized carbons (Fsp3) is 0.267. The fourth-order valence-corrected chi connectivity index (χ4v) is 3.02. The van der Waals surface area contributed by atoms with E-state index in [9.17, 15) is 14.4 Å². The molecule has 0 aliphatic carbocycles. The SMILES string of the molecule is O=C1CCN(c2ccccc2C(=O)NCCSc2cn[nH]n2)C(=O)N1. The van der Waals surface area contributed by atoms with Crippen molar-refractivity contribution in [2.75, 3.05) is 23.7 Å². The molecule has 25 heavy (non-hydrogen) atoms. The van der Waals surface area contributed by atoms with Gasteiger partial charge in [0, 0.05) is 25.3 Å². The predicted octanol–water partition coefficient (Wildman–Crippen LogP) is 0.773. The molecule has 2 aromatic rings. The van der Waals surface area contributed by atoms with Crippen molar-refractivity contribution in [3.05, 3.63) is 36.0 Å². The molecule has 0 saturated carbocycles. The van der Waals surface area contributed by atoms with Crippen LogP contribution in [0.5, 0.6) is 0 Å². The zero-order chi connectivity index (χ0) is 17.6. The van der Waals surface area contributed by atoms with E-state index >= 15 is 0 Å². The molecule has 1 saturated heterocycles. The van der Waals surface area contributed by atoms with Crippen molar-refractivity contribution in [3.63, 3.8) is 0 Å². The summed E-state index contributed by atoms with van der Waals surface area (Å²) in [6.07, 6.45) is 1.81. The lowest BCUT2D eigenvalue weighted by molar-refractivity contribution is -0.120. The molecular formula is C15H16N6O3S. The van der Waals surface area contributed by atoms with Gasteiger partial charge in [-0.25, -0.2) is 4.79 Å². The molecule has 10 heteroatoms. The summed E-state index contributed by atoms with van der Waals surface area (Å²) in [6, 6.07) is 6.30. The van der Waals surface area contributed by atoms with Crippen molar-refractivity contribution in [2.24, 2.45) is 0 Å². The first-order valence-electron chi connectivity index (χ1n) is 7.62. The first kappa shape index (κ1) is 17.0. The maximum atomic E-state index is 12.5. The number of imide groups is 1. The van der Waals surface area contributed by atoms with Crippen LogP contribution >= 0.6 is 11.8 Å². The molecule has 1 aliphatic rings. The summed E-state index contributed by atoms with van der Waals surface area (Å²) >= 11 is 1.47. The highest BCUT2D eigenvalue weighted by molar-refractivity contribution is 7.99. The van der Waals surface area contributed by atoms with Crippen LogP contribution in [0.15, 0.2) is 35.5 Å². The molecule has 0 atom stereocenters. The van der Waals surface area contributed by atoms with E-state index in [1.807, 2.05) is 0 Å². The summed E-state index contributed by atoms with van der Waals surface area (Å²) in [4.78, 5) is 37.2. The monoisotopic (exact) mass is 360 g/mol. The van der Waals surface area contributed by atoms with E-state index in [-0.39, 0.29) is 24.8 Å². The number of thioether (sulfide) groups is 1. The second-order valence-electron chi connectivity index (χ2n) is 5.18. The number of amides is 4. The minimum absolute atomic E-state index is 0.204. The van der Waals surface area contributed by atoms with Crippen LogP contribution in [0.4, 0.5) is 10.5 Å². The largest absolute Gasteiger partial charge is 0.351 e. The van der Waals surface area contributed by atoms with Gasteiger partial charge in [0.2, 0.25) is 5.91 Å². The molecule has 2 heterocycles. The number of aromatic amines is 1. The molecule has 3 rings (SSSR count). The van der Waals surface area contributed by atoms with Crippen molar-refractivity contribution in [1.29, 1.82) is 0 Å². The number of rotatable bonds is 6. The smallest absolute Gasteiger partial charge is 0.328 e. The van der Waals surface area contributed by atoms with Crippen molar-refractivity contribution in [1.82, 2.24) is 26.0 Å². The quantitative estimate of drug-likeness (QED) is 0.517. The lowest BCUT2D eigenvalue weighted by Crippen LogP contribution is -2.50. The first-order valence-corrected chi connectivity index (χ1v) is 8.61. The summed E-state index contributed by atoms with van der Waals surface area (Å²) in [7, 11) is 0. The lowest BCUT2D eigenvalue weighted by Gasteiger charge is -2.28. The van der Waals surface area contributed by atoms with Gasteiger partial charge in [-0.05, 0) is 12.1 Å². The number of nitrogens with zero attached hydrogens (tertiary/aromatic N) is 3. The van der Waals surface area contributed by atoms with Gasteiger partial charge in [-0.15, -0.1) is 16.9 Å². The molecule has 4 amide bonds. The summed E-state index contributed by atoms with van der Waals surface area (Å²) < 4.78 is 0. The van der Waals surface area contributed by atoms with Crippen LogP contribution in [0.2, 0.25) is 0 Å². The molecule has 1 aromatic carbocycles. The molecule has 0 bridgehead atoms. The number of hydrogen-bond acceptors (Lipinski definition) is 6. The van der Waals surface area contributed by atoms with E-state index in [2.05, 4.69) is 26.0 Å². The highest BCUT2D eigenvalue weighted by Gasteiger charge is 2.27. The highest BCUT2D eigenvalue weighted by atomic mass is 32.2. The number of aromatic nitrogens is 3. The van der Waals surface area contributed by atoms with Gasteiger partial charge in [-0.3, -0.25) is 19.8 Å². The zero-order valence-electron chi connectivity index (χ0n) is 13.2. The fourth-order valence-electron chi connectivity index (χ4n) is 2.37. The molecule has 0 unspecified atom stereocenters. The Kier molecular flexibility index (Phi) is 5.29. The van der Waals surface area contributed by atoms with Gasteiger partial charge in [-0.2, -0.15) is 10.3 Å². The average Bonchev–Trinajstić information content (AvgIpc) is 3.12. The second-order valence-corrected chi connectivity index (χ2v) is 6.30. The van der Waals surface area contributed by atoms with Crippen LogP contribution in [-0.4, -0.2) is 52.1 Å². The number of para-hydroxylation sites is 1. The van der Waals surface area contributed by atoms with Crippen LogP contribution in [0, 0.1) is 0 Å². The molecule has 9 nitrogen and oxygen atoms in total. The molecule has 1 aliphatic heterocycles. The summed E-state index contributed by atoms with van der Waals surface area (Å²) in [5, 5.41) is 16.0. The van der Waals surface area contributed by atoms with Crippen molar-refractivity contribution in [2.45, 2.75) is 11.4 Å². The van der Waals surface area contributed by atoms with Crippen molar-refractivity contribution in [3.8, 4) is 0 Å². The van der Waals surface area contributed by atoms with E-state index in [0.29, 0.717) is 23.5 Å². The number of anilines is 1. The number of carbonyl (C=O) groups excluding carboxylic acids is 3. The number of carbonyl (C=O) groups is 3. The predicted molar refractivity (Wildman–Crippen MR) is 91.4 cm³/mol. The zero-order valence-corrected chi connectivity index (χ0v) is 14.0. The Bertz CT molecular complexity index is 779. The summed E-state index contributed by atoms with van der Waals surface area (Å²) in [6.45, 7) is 0.687. The number of H-pyrrole nitrogens is 1. The van der Waals surface area contributed by atoms with Crippen LogP contribution in [0.25, 0.3) is 0 Å². The number of nitrogens with one attached hydrogen (secondary N) is 3. The Morgan fingerprint density at radius 1 is 1.32 bits per heavy atom. The van der Waals surface area contributed by atoms with Crippen LogP contribution in [0.3, 0.4) is 0 Å². The average molecular weight is 360 g/mol. The first-order chi connectivity index (χ1) is 12.1. The number of benzene rings is 1. The number of urea groups is 1. The van der Waals surface area contributed by atoms with Gasteiger partial charge in [-0.1, -0.05) is 12.1 Å². The van der Waals surface area contributed by atoms with Gasteiger partial charge in [0.05, 0.1) is 17.4 Å². The second kappa shape index (κ2) is 7.79. The lowest BCUT2D eigenvalue weighted by atomic mass is 10.1. The summed E-state index contributed by atoms with van der Waals surface area (Å²) in [5.74, 6) is 0.0493. The third-order valence-corrected chi connectivity index (χ3v) is 4.42. The van der Waals surface area contributed by atoms with Gasteiger partial charge in [0.15, 0.2) is 0 Å². The van der Waals surface area contributed by atoms with Crippen LogP contribution in [0.1, 0.15) is 16.8 Å². The molecule has 3 N–H and O–H groups in total. The molecule has 1 fully saturated rings. The molecule has 1 aromatic heterocycles. The Morgan fingerprint density at radius 3 is 2.92 bits per heavy atom.